The lowest BCUT2D eigenvalue weighted by atomic mass is 10.1. The molecule has 8 heteroatoms. The number of sulfone groups is 1. The Kier molecular flexibility index (Phi) is 4.41. The summed E-state index contributed by atoms with van der Waals surface area (Å²) >= 11 is 0. The van der Waals surface area contributed by atoms with E-state index < -0.39 is 45.2 Å². The Morgan fingerprint density at radius 2 is 1.45 bits per heavy atom. The maximum Gasteiger partial charge on any atom is 0.175 e. The van der Waals surface area contributed by atoms with Crippen molar-refractivity contribution in [3.05, 3.63) is 59.2 Å². The van der Waals surface area contributed by atoms with Gasteiger partial charge in [0.25, 0.3) is 0 Å². The van der Waals surface area contributed by atoms with Crippen molar-refractivity contribution >= 4 is 15.5 Å². The molecule has 0 aliphatic carbocycles. The Labute approximate surface area is 124 Å². The van der Waals surface area contributed by atoms with Crippen molar-refractivity contribution in [3.8, 4) is 0 Å². The quantitative estimate of drug-likeness (QED) is 0.690. The van der Waals surface area contributed by atoms with E-state index in [2.05, 4.69) is 5.32 Å². The van der Waals surface area contributed by atoms with E-state index in [1.165, 1.54) is 24.3 Å². The molecule has 0 atom stereocenters. The third-order valence-corrected chi connectivity index (χ3v) is 4.08. The highest BCUT2D eigenvalue weighted by atomic mass is 32.2. The van der Waals surface area contributed by atoms with Gasteiger partial charge < -0.3 is 5.32 Å². The molecule has 0 saturated carbocycles. The summed E-state index contributed by atoms with van der Waals surface area (Å²) in [7, 11) is -3.36. The molecule has 0 unspecified atom stereocenters. The van der Waals surface area contributed by atoms with Crippen LogP contribution in [0.4, 0.5) is 23.2 Å². The highest BCUT2D eigenvalue weighted by Crippen LogP contribution is 2.21. The number of benzene rings is 2. The van der Waals surface area contributed by atoms with Crippen LogP contribution in [0.2, 0.25) is 0 Å². The van der Waals surface area contributed by atoms with Crippen LogP contribution in [-0.4, -0.2) is 14.7 Å². The van der Waals surface area contributed by atoms with Gasteiger partial charge in [-0.05, 0) is 24.3 Å². The average Bonchev–Trinajstić information content (AvgIpc) is 2.45. The Balaban J connectivity index is 2.21. The summed E-state index contributed by atoms with van der Waals surface area (Å²) in [5.41, 5.74) is -0.430. The first-order valence-electron chi connectivity index (χ1n) is 6.06. The molecule has 0 spiro atoms. The van der Waals surface area contributed by atoms with Crippen molar-refractivity contribution in [2.75, 3.05) is 11.6 Å². The van der Waals surface area contributed by atoms with E-state index in [4.69, 9.17) is 0 Å². The van der Waals surface area contributed by atoms with Gasteiger partial charge in [-0.25, -0.2) is 26.0 Å². The van der Waals surface area contributed by atoms with Crippen LogP contribution in [0.3, 0.4) is 0 Å². The van der Waals surface area contributed by atoms with Crippen LogP contribution < -0.4 is 5.32 Å². The summed E-state index contributed by atoms with van der Waals surface area (Å²) in [6.07, 6.45) is 1.04. The van der Waals surface area contributed by atoms with Crippen LogP contribution in [0.15, 0.2) is 35.2 Å². The lowest BCUT2D eigenvalue weighted by Crippen LogP contribution is -2.08. The second-order valence-electron chi connectivity index (χ2n) is 4.60. The summed E-state index contributed by atoms with van der Waals surface area (Å²) in [6, 6.07) is 5.49. The predicted octanol–water partition coefficient (Wildman–Crippen LogP) is 3.26. The van der Waals surface area contributed by atoms with Crippen LogP contribution >= 0.6 is 0 Å². The summed E-state index contributed by atoms with van der Waals surface area (Å²) in [5, 5.41) is 2.57. The standard InChI is InChI=1S/C14H11F4NO2S/c1-22(20,21)9-4-2-8(3-5-9)19-7-10-13(17)11(15)6-12(16)14(10)18/h2-6,19H,7H2,1H3. The molecule has 0 heterocycles. The number of anilines is 1. The molecule has 0 saturated heterocycles. The van der Waals surface area contributed by atoms with Crippen molar-refractivity contribution in [1.82, 2.24) is 0 Å². The van der Waals surface area contributed by atoms with Crippen molar-refractivity contribution in [2.45, 2.75) is 11.4 Å². The maximum absolute atomic E-state index is 13.5. The molecule has 22 heavy (non-hydrogen) atoms. The smallest absolute Gasteiger partial charge is 0.175 e. The molecule has 118 valence electrons. The lowest BCUT2D eigenvalue weighted by Gasteiger charge is -2.10. The van der Waals surface area contributed by atoms with E-state index in [1.807, 2.05) is 0 Å². The van der Waals surface area contributed by atoms with E-state index in [0.29, 0.717) is 5.69 Å². The fourth-order valence-electron chi connectivity index (χ4n) is 1.79. The van der Waals surface area contributed by atoms with Gasteiger partial charge in [0.15, 0.2) is 33.1 Å². The molecule has 3 nitrogen and oxygen atoms in total. The minimum Gasteiger partial charge on any atom is -0.381 e. The van der Waals surface area contributed by atoms with Crippen LogP contribution in [-0.2, 0) is 16.4 Å². The van der Waals surface area contributed by atoms with E-state index in [1.54, 1.807) is 0 Å². The minimum atomic E-state index is -3.36. The highest BCUT2D eigenvalue weighted by Gasteiger charge is 2.18. The molecule has 2 rings (SSSR count). The molecule has 1 N–H and O–H groups in total. The third-order valence-electron chi connectivity index (χ3n) is 2.95. The lowest BCUT2D eigenvalue weighted by molar-refractivity contribution is 0.441. The van der Waals surface area contributed by atoms with Gasteiger partial charge in [-0.15, -0.1) is 0 Å². The van der Waals surface area contributed by atoms with Crippen LogP contribution in [0.25, 0.3) is 0 Å². The summed E-state index contributed by atoms with van der Waals surface area (Å²) in [6.45, 7) is -0.495. The number of halogens is 4. The van der Waals surface area contributed by atoms with Crippen LogP contribution in [0.1, 0.15) is 5.56 Å². The summed E-state index contributed by atoms with van der Waals surface area (Å²) < 4.78 is 75.6. The largest absolute Gasteiger partial charge is 0.381 e. The molecular weight excluding hydrogens is 322 g/mol. The first kappa shape index (κ1) is 16.3. The second-order valence-corrected chi connectivity index (χ2v) is 6.61. The fourth-order valence-corrected chi connectivity index (χ4v) is 2.42. The molecule has 0 amide bonds. The number of rotatable bonds is 4. The normalized spacial score (nSPS) is 11.5. The van der Waals surface area contributed by atoms with Gasteiger partial charge in [0.1, 0.15) is 0 Å². The van der Waals surface area contributed by atoms with Crippen molar-refractivity contribution in [1.29, 1.82) is 0 Å². The summed E-state index contributed by atoms with van der Waals surface area (Å²) in [4.78, 5) is 0.0761. The second kappa shape index (κ2) is 5.96. The molecule has 0 aliphatic heterocycles. The van der Waals surface area contributed by atoms with Gasteiger partial charge in [-0.1, -0.05) is 0 Å². The van der Waals surface area contributed by atoms with E-state index in [9.17, 15) is 26.0 Å². The van der Waals surface area contributed by atoms with E-state index >= 15 is 0 Å². The zero-order valence-corrected chi connectivity index (χ0v) is 12.1. The molecule has 0 bridgehead atoms. The Morgan fingerprint density at radius 1 is 0.955 bits per heavy atom. The van der Waals surface area contributed by atoms with Crippen molar-refractivity contribution in [3.63, 3.8) is 0 Å². The molecule has 0 aliphatic rings. The fraction of sp³-hybridized carbons (Fsp3) is 0.143. The predicted molar refractivity (Wildman–Crippen MR) is 73.2 cm³/mol. The van der Waals surface area contributed by atoms with Gasteiger partial charge in [0.05, 0.1) is 4.90 Å². The third kappa shape index (κ3) is 3.38. The van der Waals surface area contributed by atoms with E-state index in [0.717, 1.165) is 6.26 Å². The molecule has 0 radical (unpaired) electrons. The first-order chi connectivity index (χ1) is 10.2. The van der Waals surface area contributed by atoms with Crippen molar-refractivity contribution < 1.29 is 26.0 Å². The van der Waals surface area contributed by atoms with Gasteiger partial charge in [0, 0.05) is 30.1 Å². The molecule has 2 aromatic carbocycles. The maximum atomic E-state index is 13.5. The Bertz CT molecular complexity index is 778. The highest BCUT2D eigenvalue weighted by molar-refractivity contribution is 7.90. The summed E-state index contributed by atoms with van der Waals surface area (Å²) in [5.74, 6) is -5.91. The zero-order valence-electron chi connectivity index (χ0n) is 11.3. The Morgan fingerprint density at radius 3 is 1.91 bits per heavy atom. The first-order valence-corrected chi connectivity index (χ1v) is 7.95. The number of hydrogen-bond acceptors (Lipinski definition) is 3. The zero-order chi connectivity index (χ0) is 16.5. The average molecular weight is 333 g/mol. The molecule has 0 aromatic heterocycles. The number of nitrogens with one attached hydrogen (secondary N) is 1. The van der Waals surface area contributed by atoms with Crippen molar-refractivity contribution in [2.24, 2.45) is 0 Å². The topological polar surface area (TPSA) is 46.2 Å². The molecule has 0 fully saturated rings. The van der Waals surface area contributed by atoms with Crippen LogP contribution in [0, 0.1) is 23.3 Å². The Hall–Kier alpha value is -2.09. The minimum absolute atomic E-state index is 0.0761. The van der Waals surface area contributed by atoms with E-state index in [-0.39, 0.29) is 11.0 Å². The van der Waals surface area contributed by atoms with Gasteiger partial charge in [0.2, 0.25) is 0 Å². The van der Waals surface area contributed by atoms with Crippen LogP contribution in [0.5, 0.6) is 0 Å². The number of hydrogen-bond donors (Lipinski definition) is 1. The molecule has 2 aromatic rings. The van der Waals surface area contributed by atoms with Gasteiger partial charge in [-0.3, -0.25) is 0 Å². The SMILES string of the molecule is CS(=O)(=O)c1ccc(NCc2c(F)c(F)cc(F)c2F)cc1. The van der Waals surface area contributed by atoms with Gasteiger partial charge in [-0.2, -0.15) is 0 Å². The monoisotopic (exact) mass is 333 g/mol. The van der Waals surface area contributed by atoms with Gasteiger partial charge >= 0.3 is 0 Å². The molecular formula is C14H11F4NO2S.